The second-order valence-corrected chi connectivity index (χ2v) is 4.80. The van der Waals surface area contributed by atoms with Crippen molar-refractivity contribution >= 4 is 5.91 Å². The Bertz CT molecular complexity index is 527. The number of hydrogen-bond donors (Lipinski definition) is 0. The molecule has 1 aromatic carbocycles. The molecule has 1 amide bonds. The fourth-order valence-corrected chi connectivity index (χ4v) is 2.82. The van der Waals surface area contributed by atoms with Crippen LogP contribution in [0.5, 0.6) is 0 Å². The first kappa shape index (κ1) is 11.4. The number of halogens is 2. The van der Waals surface area contributed by atoms with E-state index in [0.29, 0.717) is 0 Å². The molecule has 0 unspecified atom stereocenters. The van der Waals surface area contributed by atoms with E-state index in [0.717, 1.165) is 31.4 Å². The molecule has 0 aliphatic carbocycles. The number of carbonyl (C=O) groups excluding carboxylic acids is 1. The van der Waals surface area contributed by atoms with Crippen molar-refractivity contribution in [3.8, 4) is 0 Å². The fraction of sp³-hybridized carbons (Fsp3) is 0.357. The lowest BCUT2D eigenvalue weighted by Gasteiger charge is -2.31. The minimum Gasteiger partial charge on any atom is -0.329 e. The maximum absolute atomic E-state index is 13.2. The lowest BCUT2D eigenvalue weighted by molar-refractivity contribution is 0.0688. The molecular formula is C14H13F2NO. The summed E-state index contributed by atoms with van der Waals surface area (Å²) in [5, 5.41) is 0. The van der Waals surface area contributed by atoms with Crippen molar-refractivity contribution < 1.29 is 13.6 Å². The Labute approximate surface area is 104 Å². The Hall–Kier alpha value is -1.71. The van der Waals surface area contributed by atoms with Crippen molar-refractivity contribution in [2.45, 2.75) is 31.3 Å². The zero-order chi connectivity index (χ0) is 12.7. The second-order valence-electron chi connectivity index (χ2n) is 4.80. The molecule has 2 aliphatic rings. The predicted molar refractivity (Wildman–Crippen MR) is 63.1 cm³/mol. The Morgan fingerprint density at radius 2 is 2.06 bits per heavy atom. The average molecular weight is 249 g/mol. The van der Waals surface area contributed by atoms with Gasteiger partial charge in [0, 0.05) is 11.6 Å². The lowest BCUT2D eigenvalue weighted by Crippen LogP contribution is -2.42. The maximum Gasteiger partial charge on any atom is 0.254 e. The van der Waals surface area contributed by atoms with Gasteiger partial charge >= 0.3 is 0 Å². The normalized spacial score (nSPS) is 25.6. The van der Waals surface area contributed by atoms with Crippen molar-refractivity contribution in [1.29, 1.82) is 0 Å². The van der Waals surface area contributed by atoms with Gasteiger partial charge in [-0.1, -0.05) is 12.2 Å². The van der Waals surface area contributed by atoms with Crippen LogP contribution in [0.4, 0.5) is 8.78 Å². The minimum atomic E-state index is -0.972. The highest BCUT2D eigenvalue weighted by atomic mass is 19.2. The third-order valence-electron chi connectivity index (χ3n) is 3.71. The van der Waals surface area contributed by atoms with E-state index in [1.807, 2.05) is 6.08 Å². The van der Waals surface area contributed by atoms with Crippen LogP contribution >= 0.6 is 0 Å². The van der Waals surface area contributed by atoms with Gasteiger partial charge in [0.15, 0.2) is 11.6 Å². The molecule has 2 heterocycles. The van der Waals surface area contributed by atoms with Gasteiger partial charge in [-0.15, -0.1) is 0 Å². The van der Waals surface area contributed by atoms with Crippen LogP contribution in [0.15, 0.2) is 30.4 Å². The summed E-state index contributed by atoms with van der Waals surface area (Å²) >= 11 is 0. The van der Waals surface area contributed by atoms with Crippen molar-refractivity contribution in [1.82, 2.24) is 4.90 Å². The monoisotopic (exact) mass is 249 g/mol. The zero-order valence-electron chi connectivity index (χ0n) is 9.77. The number of hydrogen-bond acceptors (Lipinski definition) is 1. The molecule has 94 valence electrons. The zero-order valence-corrected chi connectivity index (χ0v) is 9.77. The van der Waals surface area contributed by atoms with Crippen LogP contribution in [0.2, 0.25) is 0 Å². The smallest absolute Gasteiger partial charge is 0.254 e. The molecule has 2 atom stereocenters. The third kappa shape index (κ3) is 1.72. The summed E-state index contributed by atoms with van der Waals surface area (Å²) in [4.78, 5) is 14.1. The van der Waals surface area contributed by atoms with Crippen LogP contribution in [0.25, 0.3) is 0 Å². The number of nitrogens with zero attached hydrogens (tertiary/aromatic N) is 1. The highest BCUT2D eigenvalue weighted by molar-refractivity contribution is 5.95. The van der Waals surface area contributed by atoms with E-state index in [1.54, 1.807) is 4.90 Å². The molecule has 18 heavy (non-hydrogen) atoms. The number of benzene rings is 1. The van der Waals surface area contributed by atoms with E-state index in [4.69, 9.17) is 0 Å². The first-order valence-electron chi connectivity index (χ1n) is 6.11. The molecule has 0 saturated carbocycles. The highest BCUT2D eigenvalue weighted by Crippen LogP contribution is 2.32. The molecule has 2 nitrogen and oxygen atoms in total. The van der Waals surface area contributed by atoms with Crippen LogP contribution in [-0.4, -0.2) is 22.9 Å². The standard InChI is InChI=1S/C14H13F2NO/c15-12-7-4-9(8-13(12)16)14(18)17-10-2-1-3-11(17)6-5-10/h1-2,4,7-8,10-11H,3,5-6H2/t10-,11-/m0/s1. The van der Waals surface area contributed by atoms with Crippen molar-refractivity contribution in [3.05, 3.63) is 47.5 Å². The molecule has 0 aromatic heterocycles. The molecule has 4 heteroatoms. The van der Waals surface area contributed by atoms with Gasteiger partial charge in [0.25, 0.3) is 5.91 Å². The molecule has 2 aliphatic heterocycles. The molecule has 1 saturated heterocycles. The highest BCUT2D eigenvalue weighted by Gasteiger charge is 2.37. The number of amides is 1. The van der Waals surface area contributed by atoms with Gasteiger partial charge in [-0.25, -0.2) is 8.78 Å². The number of fused-ring (bicyclic) bond motifs is 2. The van der Waals surface area contributed by atoms with E-state index in [-0.39, 0.29) is 23.6 Å². The van der Waals surface area contributed by atoms with Crippen LogP contribution in [0.3, 0.4) is 0 Å². The fourth-order valence-electron chi connectivity index (χ4n) is 2.82. The topological polar surface area (TPSA) is 20.3 Å². The summed E-state index contributed by atoms with van der Waals surface area (Å²) in [7, 11) is 0. The van der Waals surface area contributed by atoms with Gasteiger partial charge < -0.3 is 4.90 Å². The van der Waals surface area contributed by atoms with E-state index in [2.05, 4.69) is 6.08 Å². The summed E-state index contributed by atoms with van der Waals surface area (Å²) in [6, 6.07) is 3.66. The molecule has 3 rings (SSSR count). The molecule has 1 aromatic rings. The predicted octanol–water partition coefficient (Wildman–Crippen LogP) is 2.90. The van der Waals surface area contributed by atoms with Gasteiger partial charge in [-0.05, 0) is 37.5 Å². The summed E-state index contributed by atoms with van der Waals surface area (Å²) in [5.74, 6) is -2.10. The summed E-state index contributed by atoms with van der Waals surface area (Å²) in [6.45, 7) is 0. The third-order valence-corrected chi connectivity index (χ3v) is 3.71. The van der Waals surface area contributed by atoms with Crippen LogP contribution < -0.4 is 0 Å². The Balaban J connectivity index is 1.91. The van der Waals surface area contributed by atoms with Gasteiger partial charge in [-0.3, -0.25) is 4.79 Å². The van der Waals surface area contributed by atoms with Crippen molar-refractivity contribution in [3.63, 3.8) is 0 Å². The first-order chi connectivity index (χ1) is 8.66. The largest absolute Gasteiger partial charge is 0.329 e. The molecule has 2 bridgehead atoms. The quantitative estimate of drug-likeness (QED) is 0.701. The number of rotatable bonds is 1. The molecular weight excluding hydrogens is 236 g/mol. The van der Waals surface area contributed by atoms with Gasteiger partial charge in [0.2, 0.25) is 0 Å². The van der Waals surface area contributed by atoms with E-state index < -0.39 is 11.6 Å². The second kappa shape index (κ2) is 4.19. The van der Waals surface area contributed by atoms with Crippen LogP contribution in [0.1, 0.15) is 29.6 Å². The van der Waals surface area contributed by atoms with Crippen LogP contribution in [-0.2, 0) is 0 Å². The van der Waals surface area contributed by atoms with Crippen molar-refractivity contribution in [2.75, 3.05) is 0 Å². The molecule has 0 N–H and O–H groups in total. The lowest BCUT2D eigenvalue weighted by atomic mass is 10.1. The minimum absolute atomic E-state index is 0.115. The molecule has 1 fully saturated rings. The van der Waals surface area contributed by atoms with E-state index in [9.17, 15) is 13.6 Å². The summed E-state index contributed by atoms with van der Waals surface area (Å²) in [5.41, 5.74) is 0.223. The average Bonchev–Trinajstić information content (AvgIpc) is 2.61. The van der Waals surface area contributed by atoms with Crippen LogP contribution in [0, 0.1) is 11.6 Å². The molecule has 0 radical (unpaired) electrons. The van der Waals surface area contributed by atoms with Gasteiger partial charge in [-0.2, -0.15) is 0 Å². The van der Waals surface area contributed by atoms with E-state index >= 15 is 0 Å². The summed E-state index contributed by atoms with van der Waals surface area (Å²) < 4.78 is 26.0. The Morgan fingerprint density at radius 1 is 1.22 bits per heavy atom. The van der Waals surface area contributed by atoms with Crippen molar-refractivity contribution in [2.24, 2.45) is 0 Å². The maximum atomic E-state index is 13.2. The summed E-state index contributed by atoms with van der Waals surface area (Å²) in [6.07, 6.45) is 6.91. The van der Waals surface area contributed by atoms with E-state index in [1.165, 1.54) is 6.07 Å². The number of carbonyl (C=O) groups is 1. The molecule has 0 spiro atoms. The van der Waals surface area contributed by atoms with Gasteiger partial charge in [0.05, 0.1) is 6.04 Å². The first-order valence-corrected chi connectivity index (χ1v) is 6.11. The Kier molecular flexibility index (Phi) is 2.65. The SMILES string of the molecule is O=C(c1ccc(F)c(F)c1)N1[C@H]2CC=C[C@H]1CC2. The Morgan fingerprint density at radius 3 is 2.78 bits per heavy atom. The van der Waals surface area contributed by atoms with Gasteiger partial charge in [0.1, 0.15) is 0 Å².